The van der Waals surface area contributed by atoms with E-state index in [2.05, 4.69) is 4.98 Å². The number of benzene rings is 1. The number of nitrogens with zero attached hydrogens (tertiary/aromatic N) is 1. The summed E-state index contributed by atoms with van der Waals surface area (Å²) in [5.74, 6) is 0.450. The van der Waals surface area contributed by atoms with E-state index in [1.54, 1.807) is 0 Å². The molecule has 1 aromatic carbocycles. The highest BCUT2D eigenvalue weighted by molar-refractivity contribution is 5.92. The Hall–Kier alpha value is -2.36. The molecule has 4 nitrogen and oxygen atoms in total. The summed E-state index contributed by atoms with van der Waals surface area (Å²) in [6.07, 6.45) is 0. The first-order chi connectivity index (χ1) is 9.61. The highest BCUT2D eigenvalue weighted by atomic mass is 16.5. The van der Waals surface area contributed by atoms with Crippen molar-refractivity contribution in [3.8, 4) is 16.9 Å². The van der Waals surface area contributed by atoms with Gasteiger partial charge < -0.3 is 9.47 Å². The van der Waals surface area contributed by atoms with E-state index in [1.165, 1.54) is 7.11 Å². The predicted octanol–water partition coefficient (Wildman–Crippen LogP) is 3.04. The van der Waals surface area contributed by atoms with Crippen molar-refractivity contribution in [1.82, 2.24) is 4.98 Å². The number of fused-ring (bicyclic) bond motifs is 3. The van der Waals surface area contributed by atoms with E-state index in [-0.39, 0.29) is 0 Å². The first-order valence-corrected chi connectivity index (χ1v) is 6.43. The number of pyridine rings is 1. The van der Waals surface area contributed by atoms with Gasteiger partial charge in [-0.05, 0) is 31.0 Å². The maximum atomic E-state index is 11.9. The Morgan fingerprint density at radius 3 is 2.85 bits per heavy atom. The molecule has 102 valence electrons. The molecule has 0 aliphatic carbocycles. The zero-order chi connectivity index (χ0) is 14.3. The van der Waals surface area contributed by atoms with Crippen LogP contribution in [-0.4, -0.2) is 18.1 Å². The first kappa shape index (κ1) is 12.7. The summed E-state index contributed by atoms with van der Waals surface area (Å²) < 4.78 is 10.6. The number of ether oxygens (including phenoxy) is 2. The molecule has 0 radical (unpaired) electrons. The molecule has 2 aromatic rings. The Balaban J connectivity index is 2.28. The number of hydrogen-bond donors (Lipinski definition) is 0. The average Bonchev–Trinajstić information content (AvgIpc) is 2.46. The van der Waals surface area contributed by atoms with E-state index in [1.807, 2.05) is 38.1 Å². The zero-order valence-electron chi connectivity index (χ0n) is 11.7. The third-order valence-corrected chi connectivity index (χ3v) is 3.49. The van der Waals surface area contributed by atoms with Crippen LogP contribution in [0.2, 0.25) is 0 Å². The van der Waals surface area contributed by atoms with Crippen LogP contribution < -0.4 is 4.74 Å². The van der Waals surface area contributed by atoms with Crippen LogP contribution in [0.25, 0.3) is 11.1 Å². The lowest BCUT2D eigenvalue weighted by molar-refractivity contribution is 0.0590. The van der Waals surface area contributed by atoms with Gasteiger partial charge in [0.2, 0.25) is 0 Å². The Labute approximate surface area is 117 Å². The van der Waals surface area contributed by atoms with Crippen LogP contribution in [0.4, 0.5) is 0 Å². The minimum atomic E-state index is -0.426. The maximum Gasteiger partial charge on any atom is 0.357 e. The molecular formula is C16H15NO3. The quantitative estimate of drug-likeness (QED) is 0.747. The molecule has 3 rings (SSSR count). The van der Waals surface area contributed by atoms with Crippen LogP contribution in [-0.2, 0) is 11.3 Å². The highest BCUT2D eigenvalue weighted by Crippen LogP contribution is 2.40. The minimum absolute atomic E-state index is 0.338. The predicted molar refractivity (Wildman–Crippen MR) is 74.8 cm³/mol. The summed E-state index contributed by atoms with van der Waals surface area (Å²) in [5.41, 5.74) is 5.01. The van der Waals surface area contributed by atoms with E-state index in [0.717, 1.165) is 33.7 Å². The lowest BCUT2D eigenvalue weighted by atomic mass is 9.94. The first-order valence-electron chi connectivity index (χ1n) is 6.43. The summed E-state index contributed by atoms with van der Waals surface area (Å²) >= 11 is 0. The number of hydrogen-bond acceptors (Lipinski definition) is 4. The van der Waals surface area contributed by atoms with Gasteiger partial charge in [-0.15, -0.1) is 0 Å². The number of carbonyl (C=O) groups is 1. The SMILES string of the molecule is COC(=O)c1nc(C)cc2c1COc1c(C)cccc1-2. The molecule has 0 amide bonds. The maximum absolute atomic E-state index is 11.9. The topological polar surface area (TPSA) is 48.4 Å². The third-order valence-electron chi connectivity index (χ3n) is 3.49. The van der Waals surface area contributed by atoms with Crippen molar-refractivity contribution in [2.75, 3.05) is 7.11 Å². The number of esters is 1. The van der Waals surface area contributed by atoms with Gasteiger partial charge in [0.25, 0.3) is 0 Å². The fourth-order valence-electron chi connectivity index (χ4n) is 2.55. The van der Waals surface area contributed by atoms with Crippen molar-refractivity contribution in [3.63, 3.8) is 0 Å². The molecule has 0 atom stereocenters. The number of para-hydroxylation sites is 1. The van der Waals surface area contributed by atoms with E-state index < -0.39 is 5.97 Å². The second kappa shape index (κ2) is 4.63. The highest BCUT2D eigenvalue weighted by Gasteiger charge is 2.25. The smallest absolute Gasteiger partial charge is 0.357 e. The summed E-state index contributed by atoms with van der Waals surface area (Å²) in [7, 11) is 1.36. The van der Waals surface area contributed by atoms with Gasteiger partial charge in [-0.2, -0.15) is 0 Å². The number of rotatable bonds is 1. The molecule has 4 heteroatoms. The van der Waals surface area contributed by atoms with E-state index in [9.17, 15) is 4.79 Å². The van der Waals surface area contributed by atoms with Gasteiger partial charge in [0.15, 0.2) is 5.69 Å². The van der Waals surface area contributed by atoms with Crippen molar-refractivity contribution in [1.29, 1.82) is 0 Å². The van der Waals surface area contributed by atoms with Crippen LogP contribution in [0.3, 0.4) is 0 Å². The zero-order valence-corrected chi connectivity index (χ0v) is 11.7. The summed E-state index contributed by atoms with van der Waals surface area (Å²) in [6.45, 7) is 4.22. The summed E-state index contributed by atoms with van der Waals surface area (Å²) in [5, 5.41) is 0. The van der Waals surface area contributed by atoms with Crippen LogP contribution in [0, 0.1) is 13.8 Å². The molecular weight excluding hydrogens is 254 g/mol. The summed E-state index contributed by atoms with van der Waals surface area (Å²) in [6, 6.07) is 7.99. The molecule has 0 unspecified atom stereocenters. The van der Waals surface area contributed by atoms with Gasteiger partial charge in [0.1, 0.15) is 12.4 Å². The Kier molecular flexibility index (Phi) is 2.93. The summed E-state index contributed by atoms with van der Waals surface area (Å²) in [4.78, 5) is 16.2. The largest absolute Gasteiger partial charge is 0.488 e. The number of methoxy groups -OCH3 is 1. The monoisotopic (exact) mass is 269 g/mol. The fraction of sp³-hybridized carbons (Fsp3) is 0.250. The van der Waals surface area contributed by atoms with Crippen molar-refractivity contribution in [3.05, 3.63) is 46.8 Å². The standard InChI is InChI=1S/C16H15NO3/c1-9-5-4-6-11-12-7-10(2)17-14(16(18)19-3)13(12)8-20-15(9)11/h4-7H,8H2,1-3H3. The molecule has 0 fully saturated rings. The second-order valence-corrected chi connectivity index (χ2v) is 4.87. The Morgan fingerprint density at radius 2 is 2.10 bits per heavy atom. The minimum Gasteiger partial charge on any atom is -0.488 e. The average molecular weight is 269 g/mol. The molecule has 1 aliphatic rings. The number of aromatic nitrogens is 1. The molecule has 20 heavy (non-hydrogen) atoms. The van der Waals surface area contributed by atoms with Gasteiger partial charge in [0.05, 0.1) is 7.11 Å². The Morgan fingerprint density at radius 1 is 1.30 bits per heavy atom. The normalized spacial score (nSPS) is 12.2. The van der Waals surface area contributed by atoms with Gasteiger partial charge in [0, 0.05) is 16.8 Å². The van der Waals surface area contributed by atoms with E-state index >= 15 is 0 Å². The fourth-order valence-corrected chi connectivity index (χ4v) is 2.55. The van der Waals surface area contributed by atoms with Crippen LogP contribution in [0.5, 0.6) is 5.75 Å². The van der Waals surface area contributed by atoms with Crippen molar-refractivity contribution >= 4 is 5.97 Å². The number of carbonyl (C=O) groups excluding carboxylic acids is 1. The third kappa shape index (κ3) is 1.84. The molecule has 1 aromatic heterocycles. The van der Waals surface area contributed by atoms with Crippen molar-refractivity contribution in [2.45, 2.75) is 20.5 Å². The molecule has 0 N–H and O–H groups in total. The van der Waals surface area contributed by atoms with Gasteiger partial charge >= 0.3 is 5.97 Å². The van der Waals surface area contributed by atoms with Gasteiger partial charge in [-0.3, -0.25) is 0 Å². The van der Waals surface area contributed by atoms with E-state index in [0.29, 0.717) is 12.3 Å². The van der Waals surface area contributed by atoms with Gasteiger partial charge in [-0.1, -0.05) is 18.2 Å². The second-order valence-electron chi connectivity index (χ2n) is 4.87. The molecule has 0 bridgehead atoms. The van der Waals surface area contributed by atoms with Crippen LogP contribution in [0.1, 0.15) is 27.3 Å². The van der Waals surface area contributed by atoms with Gasteiger partial charge in [-0.25, -0.2) is 9.78 Å². The lowest BCUT2D eigenvalue weighted by Gasteiger charge is -2.23. The van der Waals surface area contributed by atoms with Crippen molar-refractivity contribution < 1.29 is 14.3 Å². The molecule has 0 saturated carbocycles. The number of aryl methyl sites for hydroxylation is 2. The molecule has 0 saturated heterocycles. The molecule has 2 heterocycles. The molecule has 1 aliphatic heterocycles. The molecule has 0 spiro atoms. The van der Waals surface area contributed by atoms with Crippen LogP contribution in [0.15, 0.2) is 24.3 Å². The van der Waals surface area contributed by atoms with Crippen LogP contribution >= 0.6 is 0 Å². The van der Waals surface area contributed by atoms with Crippen molar-refractivity contribution in [2.24, 2.45) is 0 Å². The van der Waals surface area contributed by atoms with E-state index in [4.69, 9.17) is 9.47 Å². The lowest BCUT2D eigenvalue weighted by Crippen LogP contribution is -2.16. The Bertz CT molecular complexity index is 707.